The summed E-state index contributed by atoms with van der Waals surface area (Å²) in [5.41, 5.74) is 5.18. The molecule has 1 amide bonds. The molecule has 0 radical (unpaired) electrons. The van der Waals surface area contributed by atoms with Crippen molar-refractivity contribution in [3.8, 4) is 11.1 Å². The first-order chi connectivity index (χ1) is 19.8. The number of carbonyl (C=O) groups excluding carboxylic acids is 2. The van der Waals surface area contributed by atoms with Gasteiger partial charge < -0.3 is 19.8 Å². The molecule has 0 saturated heterocycles. The molecule has 0 aliphatic rings. The van der Waals surface area contributed by atoms with Crippen LogP contribution in [0.1, 0.15) is 46.2 Å². The van der Waals surface area contributed by atoms with Crippen LogP contribution in [-0.2, 0) is 28.0 Å². The van der Waals surface area contributed by atoms with E-state index in [1.165, 1.54) is 7.11 Å². The largest absolute Gasteiger partial charge is 0.469 e. The van der Waals surface area contributed by atoms with Crippen LogP contribution >= 0.6 is 11.8 Å². The molecule has 0 fully saturated rings. The van der Waals surface area contributed by atoms with Crippen LogP contribution in [0.2, 0.25) is 0 Å². The van der Waals surface area contributed by atoms with Crippen LogP contribution in [0.25, 0.3) is 11.1 Å². The van der Waals surface area contributed by atoms with E-state index < -0.39 is 12.0 Å². The lowest BCUT2D eigenvalue weighted by molar-refractivity contribution is -0.142. The van der Waals surface area contributed by atoms with Crippen molar-refractivity contribution in [2.24, 2.45) is 0 Å². The van der Waals surface area contributed by atoms with Gasteiger partial charge in [-0.05, 0) is 84.4 Å². The lowest BCUT2D eigenvalue weighted by Gasteiger charge is -2.31. The van der Waals surface area contributed by atoms with Gasteiger partial charge in [0.15, 0.2) is 0 Å². The average molecular weight is 571 g/mol. The van der Waals surface area contributed by atoms with Crippen LogP contribution in [0.5, 0.6) is 0 Å². The van der Waals surface area contributed by atoms with E-state index in [1.807, 2.05) is 79.9 Å². The molecule has 0 bridgehead atoms. The van der Waals surface area contributed by atoms with Crippen molar-refractivity contribution < 1.29 is 18.7 Å². The number of amides is 1. The third kappa shape index (κ3) is 7.69. The van der Waals surface area contributed by atoms with Crippen molar-refractivity contribution in [3.05, 3.63) is 119 Å². The third-order valence-electron chi connectivity index (χ3n) is 7.37. The van der Waals surface area contributed by atoms with Gasteiger partial charge in [-0.15, -0.1) is 0 Å². The van der Waals surface area contributed by atoms with Crippen molar-refractivity contribution >= 4 is 23.6 Å². The second-order valence-electron chi connectivity index (χ2n) is 10.3. The first-order valence-electron chi connectivity index (χ1n) is 13.7. The van der Waals surface area contributed by atoms with Crippen LogP contribution in [0.4, 0.5) is 0 Å². The number of benzene rings is 3. The lowest BCUT2D eigenvalue weighted by Crippen LogP contribution is -2.42. The molecule has 41 heavy (non-hydrogen) atoms. The second kappa shape index (κ2) is 14.2. The Morgan fingerprint density at radius 3 is 2.41 bits per heavy atom. The maximum absolute atomic E-state index is 13.6. The number of hydrogen-bond donors (Lipinski definition) is 2. The Bertz CT molecular complexity index is 1440. The predicted molar refractivity (Wildman–Crippen MR) is 166 cm³/mol. The van der Waals surface area contributed by atoms with Gasteiger partial charge in [0.25, 0.3) is 5.91 Å². The quantitative estimate of drug-likeness (QED) is 0.178. The van der Waals surface area contributed by atoms with Crippen molar-refractivity contribution in [2.75, 3.05) is 19.1 Å². The highest BCUT2D eigenvalue weighted by Gasteiger charge is 2.28. The van der Waals surface area contributed by atoms with E-state index in [0.717, 1.165) is 39.3 Å². The van der Waals surface area contributed by atoms with E-state index in [-0.39, 0.29) is 11.4 Å². The van der Waals surface area contributed by atoms with Gasteiger partial charge in [-0.3, -0.25) is 4.79 Å². The summed E-state index contributed by atoms with van der Waals surface area (Å²) in [5.74, 6) is 0.889. The molecule has 1 unspecified atom stereocenters. The first-order valence-corrected chi connectivity index (χ1v) is 15.1. The first kappa shape index (κ1) is 30.2. The van der Waals surface area contributed by atoms with Crippen LogP contribution in [0.3, 0.4) is 0 Å². The summed E-state index contributed by atoms with van der Waals surface area (Å²) in [4.78, 5) is 26.0. The highest BCUT2D eigenvalue weighted by Crippen LogP contribution is 2.30. The molecule has 0 saturated carbocycles. The summed E-state index contributed by atoms with van der Waals surface area (Å²) in [5, 5.41) is 6.68. The highest BCUT2D eigenvalue weighted by molar-refractivity contribution is 7.98. The van der Waals surface area contributed by atoms with Crippen molar-refractivity contribution in [1.82, 2.24) is 10.6 Å². The molecule has 2 N–H and O–H groups in total. The van der Waals surface area contributed by atoms with Gasteiger partial charge in [0.1, 0.15) is 11.8 Å². The van der Waals surface area contributed by atoms with E-state index in [2.05, 4.69) is 35.8 Å². The van der Waals surface area contributed by atoms with Crippen molar-refractivity contribution in [1.29, 1.82) is 0 Å². The fourth-order valence-electron chi connectivity index (χ4n) is 4.99. The Hall–Kier alpha value is -3.81. The number of esters is 1. The van der Waals surface area contributed by atoms with Gasteiger partial charge in [-0.1, -0.05) is 60.7 Å². The molecule has 6 nitrogen and oxygen atoms in total. The normalized spacial score (nSPS) is 13.3. The van der Waals surface area contributed by atoms with Gasteiger partial charge in [0.2, 0.25) is 0 Å². The van der Waals surface area contributed by atoms with E-state index in [1.54, 1.807) is 18.0 Å². The lowest BCUT2D eigenvalue weighted by atomic mass is 9.87. The summed E-state index contributed by atoms with van der Waals surface area (Å²) in [6.45, 7) is 4.79. The molecule has 0 aliphatic carbocycles. The number of carbonyl (C=O) groups is 2. The van der Waals surface area contributed by atoms with Gasteiger partial charge in [0.05, 0.1) is 13.4 Å². The molecule has 4 rings (SSSR count). The van der Waals surface area contributed by atoms with Crippen LogP contribution in [0, 0.1) is 6.92 Å². The molecular formula is C34H38N2O4S. The summed E-state index contributed by atoms with van der Waals surface area (Å²) in [6.07, 6.45) is 4.84. The summed E-state index contributed by atoms with van der Waals surface area (Å²) >= 11 is 1.62. The zero-order valence-corrected chi connectivity index (χ0v) is 24.9. The minimum Gasteiger partial charge on any atom is -0.469 e. The van der Waals surface area contributed by atoms with Crippen LogP contribution < -0.4 is 10.6 Å². The number of thioether (sulfide) groups is 1. The summed E-state index contributed by atoms with van der Waals surface area (Å²) in [6, 6.07) is 27.4. The average Bonchev–Trinajstić information content (AvgIpc) is 3.51. The molecule has 0 spiro atoms. The van der Waals surface area contributed by atoms with E-state index in [9.17, 15) is 9.59 Å². The summed E-state index contributed by atoms with van der Waals surface area (Å²) < 4.78 is 10.7. The fourth-order valence-corrected chi connectivity index (χ4v) is 5.46. The number of rotatable bonds is 13. The van der Waals surface area contributed by atoms with Gasteiger partial charge in [-0.2, -0.15) is 11.8 Å². The zero-order valence-electron chi connectivity index (χ0n) is 24.1. The Labute approximate surface area is 246 Å². The number of aryl methyl sites for hydroxylation is 1. The number of nitrogens with one attached hydrogen (secondary N) is 2. The molecule has 3 aromatic carbocycles. The second-order valence-corrected chi connectivity index (χ2v) is 11.3. The zero-order chi connectivity index (χ0) is 29.2. The van der Waals surface area contributed by atoms with Crippen LogP contribution in [-0.4, -0.2) is 37.0 Å². The Kier molecular flexibility index (Phi) is 10.4. The maximum Gasteiger partial charge on any atom is 0.328 e. The molecular weight excluding hydrogens is 532 g/mol. The Morgan fingerprint density at radius 1 is 0.976 bits per heavy atom. The summed E-state index contributed by atoms with van der Waals surface area (Å²) in [7, 11) is 1.34. The minimum atomic E-state index is -0.709. The smallest absolute Gasteiger partial charge is 0.328 e. The minimum absolute atomic E-state index is 0.300. The van der Waals surface area contributed by atoms with Crippen molar-refractivity contribution in [2.45, 2.75) is 44.8 Å². The number of ether oxygens (including phenoxy) is 1. The molecule has 214 valence electrons. The molecule has 7 heteroatoms. The number of methoxy groups -OCH3 is 1. The molecule has 4 aromatic rings. The Morgan fingerprint density at radius 2 is 1.73 bits per heavy atom. The van der Waals surface area contributed by atoms with Gasteiger partial charge in [0, 0.05) is 24.1 Å². The number of furan rings is 1. The molecule has 2 atom stereocenters. The highest BCUT2D eigenvalue weighted by atomic mass is 32.2. The van der Waals surface area contributed by atoms with Gasteiger partial charge in [-0.25, -0.2) is 4.79 Å². The maximum atomic E-state index is 13.6. The fraction of sp³-hybridized carbons (Fsp3) is 0.294. The topological polar surface area (TPSA) is 80.6 Å². The SMILES string of the molecule is COC(=O)[C@H](CCSC)NC(=O)c1ccc(CNC(C)(Cc2ccco2)c2ccccc2)cc1-c1ccccc1C. The van der Waals surface area contributed by atoms with E-state index >= 15 is 0 Å². The van der Waals surface area contributed by atoms with Crippen LogP contribution in [0.15, 0.2) is 95.6 Å². The van der Waals surface area contributed by atoms with Gasteiger partial charge >= 0.3 is 5.97 Å². The van der Waals surface area contributed by atoms with E-state index in [0.29, 0.717) is 24.9 Å². The molecule has 0 aliphatic heterocycles. The molecule has 1 heterocycles. The predicted octanol–water partition coefficient (Wildman–Crippen LogP) is 6.53. The standard InChI is InChI=1S/C34H38N2O4S/c1-24-11-8-9-15-28(24)30-21-25(16-17-29(30)32(37)36-31(18-20-41-4)33(38)39-3)23-35-34(2,22-27-14-10-19-40-27)26-12-6-5-7-13-26/h5-17,19,21,31,35H,18,20,22-23H2,1-4H3,(H,36,37)/t31-,34?/m0/s1. The monoisotopic (exact) mass is 570 g/mol. The third-order valence-corrected chi connectivity index (χ3v) is 8.01. The Balaban J connectivity index is 1.65. The van der Waals surface area contributed by atoms with E-state index in [4.69, 9.17) is 9.15 Å². The number of hydrogen-bond acceptors (Lipinski definition) is 6. The molecule has 1 aromatic heterocycles. The van der Waals surface area contributed by atoms with Crippen molar-refractivity contribution in [3.63, 3.8) is 0 Å².